The van der Waals surface area contributed by atoms with Crippen LogP contribution in [0.25, 0.3) is 10.8 Å². The third-order valence-corrected chi connectivity index (χ3v) is 1.99. The molecule has 1 aliphatic rings. The first-order valence-electron chi connectivity index (χ1n) is 5.93. The van der Waals surface area contributed by atoms with Gasteiger partial charge in [0.1, 0.15) is 0 Å². The molecule has 0 bridgehead atoms. The van der Waals surface area contributed by atoms with Gasteiger partial charge in [0.05, 0.1) is 0 Å². The Morgan fingerprint density at radius 3 is 0.958 bits per heavy atom. The Morgan fingerprint density at radius 2 is 0.833 bits per heavy atom. The number of hydrogen-bond acceptors (Lipinski definition) is 6. The van der Waals surface area contributed by atoms with Crippen molar-refractivity contribution in [3.8, 4) is 0 Å². The number of ether oxygens (including phenoxy) is 2. The fourth-order valence-electron chi connectivity index (χ4n) is 1.28. The highest BCUT2D eigenvalue weighted by atomic mass is 16.9. The van der Waals surface area contributed by atoms with Gasteiger partial charge in [-0.25, -0.2) is 19.2 Å². The van der Waals surface area contributed by atoms with Crippen LogP contribution < -0.4 is 0 Å². The summed E-state index contributed by atoms with van der Waals surface area (Å²) in [5, 5.41) is 30.5. The Balaban J connectivity index is 0.000000326. The molecule has 0 spiro atoms. The summed E-state index contributed by atoms with van der Waals surface area (Å²) >= 11 is 0. The van der Waals surface area contributed by atoms with Gasteiger partial charge < -0.3 is 29.9 Å². The molecule has 128 valence electrons. The molecule has 10 heteroatoms. The summed E-state index contributed by atoms with van der Waals surface area (Å²) in [4.78, 5) is 36.0. The summed E-state index contributed by atoms with van der Waals surface area (Å²) in [7, 11) is 0. The third-order valence-electron chi connectivity index (χ3n) is 1.99. The third kappa shape index (κ3) is 10.9. The van der Waals surface area contributed by atoms with Gasteiger partial charge in [0, 0.05) is 0 Å². The predicted molar refractivity (Wildman–Crippen MR) is 78.2 cm³/mol. The lowest BCUT2D eigenvalue weighted by atomic mass is 10.1. The number of carboxylic acid groups (broad SMARTS) is 4. The fraction of sp³-hybridized carbons (Fsp3) is 0. The monoisotopic (exact) mass is 340 g/mol. The second-order valence-corrected chi connectivity index (χ2v) is 3.62. The van der Waals surface area contributed by atoms with E-state index in [2.05, 4.69) is 58.0 Å². The summed E-state index contributed by atoms with van der Waals surface area (Å²) in [6.45, 7) is 0. The van der Waals surface area contributed by atoms with Crippen LogP contribution in [0.15, 0.2) is 48.5 Å². The van der Waals surface area contributed by atoms with Gasteiger partial charge in [-0.2, -0.15) is 0 Å². The van der Waals surface area contributed by atoms with Crippen LogP contribution in [0, 0.1) is 0 Å². The van der Waals surface area contributed by atoms with Gasteiger partial charge in [-0.1, -0.05) is 48.5 Å². The van der Waals surface area contributed by atoms with Crippen molar-refractivity contribution >= 4 is 35.4 Å². The Hall–Kier alpha value is -3.82. The van der Waals surface area contributed by atoms with Gasteiger partial charge in [-0.05, 0) is 10.8 Å². The molecule has 0 atom stereocenters. The number of hydrogen-bond donors (Lipinski definition) is 4. The Bertz CT molecular complexity index is 602. The summed E-state index contributed by atoms with van der Waals surface area (Å²) in [6, 6.07) is 16.7. The standard InChI is InChI=1S/C10H8.C2O4.2CH2O3/c1-2-6-10-8-4-3-7-9(10)5-1;3-1-5-2(4)6-1;2*2-1(3)4/h1-8H;;2*(H2,2,3,4). The van der Waals surface area contributed by atoms with Crippen LogP contribution in [-0.4, -0.2) is 45.0 Å². The molecular formula is C14H12O10. The minimum atomic E-state index is -1.83. The lowest BCUT2D eigenvalue weighted by Gasteiger charge is -2.05. The molecular weight excluding hydrogens is 328 g/mol. The quantitative estimate of drug-likeness (QED) is 0.411. The zero-order valence-electron chi connectivity index (χ0n) is 11.9. The van der Waals surface area contributed by atoms with E-state index in [9.17, 15) is 9.59 Å². The number of carbonyl (C=O) groups excluding carboxylic acids is 2. The molecule has 10 nitrogen and oxygen atoms in total. The van der Waals surface area contributed by atoms with E-state index in [-0.39, 0.29) is 0 Å². The van der Waals surface area contributed by atoms with E-state index in [0.29, 0.717) is 0 Å². The number of benzene rings is 2. The van der Waals surface area contributed by atoms with Crippen molar-refractivity contribution in [3.05, 3.63) is 48.5 Å². The van der Waals surface area contributed by atoms with E-state index in [1.807, 2.05) is 0 Å². The molecule has 0 saturated carbocycles. The first kappa shape index (κ1) is 20.2. The summed E-state index contributed by atoms with van der Waals surface area (Å²) in [5.74, 6) is 0. The van der Waals surface area contributed by atoms with Crippen LogP contribution in [0.3, 0.4) is 0 Å². The van der Waals surface area contributed by atoms with Crippen LogP contribution in [0.4, 0.5) is 19.2 Å². The maximum Gasteiger partial charge on any atom is 0.528 e. The lowest BCUT2D eigenvalue weighted by molar-refractivity contribution is 0.00673. The van der Waals surface area contributed by atoms with E-state index in [4.69, 9.17) is 30.0 Å². The minimum absolute atomic E-state index is 0.917. The molecule has 4 N–H and O–H groups in total. The number of cyclic esters (lactones) is 4. The zero-order valence-corrected chi connectivity index (χ0v) is 11.9. The Morgan fingerprint density at radius 1 is 0.625 bits per heavy atom. The number of fused-ring (bicyclic) bond motifs is 1. The normalized spacial score (nSPS) is 10.7. The SMILES string of the molecule is O=C(O)O.O=C(O)O.O=C1OC(=O)O1.c1ccc2ccccc2c1. The second-order valence-electron chi connectivity index (χ2n) is 3.62. The molecule has 1 fully saturated rings. The van der Waals surface area contributed by atoms with E-state index in [1.54, 1.807) is 0 Å². The maximum atomic E-state index is 9.44. The first-order valence-corrected chi connectivity index (χ1v) is 5.93. The zero-order chi connectivity index (χ0) is 18.5. The highest BCUT2D eigenvalue weighted by Crippen LogP contribution is 2.11. The van der Waals surface area contributed by atoms with Crippen molar-refractivity contribution in [1.29, 1.82) is 0 Å². The molecule has 0 aliphatic carbocycles. The highest BCUT2D eigenvalue weighted by molar-refractivity contribution is 5.93. The maximum absolute atomic E-state index is 9.44. The van der Waals surface area contributed by atoms with Gasteiger partial charge in [-0.15, -0.1) is 0 Å². The van der Waals surface area contributed by atoms with E-state index in [1.165, 1.54) is 10.8 Å². The average molecular weight is 340 g/mol. The summed E-state index contributed by atoms with van der Waals surface area (Å²) < 4.78 is 7.28. The Kier molecular flexibility index (Phi) is 9.12. The van der Waals surface area contributed by atoms with E-state index >= 15 is 0 Å². The van der Waals surface area contributed by atoms with Crippen molar-refractivity contribution < 1.29 is 49.1 Å². The van der Waals surface area contributed by atoms with Gasteiger partial charge in [0.25, 0.3) is 0 Å². The molecule has 24 heavy (non-hydrogen) atoms. The van der Waals surface area contributed by atoms with Gasteiger partial charge in [0.15, 0.2) is 0 Å². The topological polar surface area (TPSA) is 168 Å². The van der Waals surface area contributed by atoms with Crippen LogP contribution in [-0.2, 0) is 9.47 Å². The van der Waals surface area contributed by atoms with Crippen LogP contribution in [0.1, 0.15) is 0 Å². The Labute approximate surface area is 134 Å². The summed E-state index contributed by atoms with van der Waals surface area (Å²) in [5.41, 5.74) is 0. The van der Waals surface area contributed by atoms with Crippen molar-refractivity contribution in [2.45, 2.75) is 0 Å². The molecule has 0 amide bonds. The molecule has 0 unspecified atom stereocenters. The van der Waals surface area contributed by atoms with Crippen LogP contribution in [0.2, 0.25) is 0 Å². The van der Waals surface area contributed by atoms with E-state index in [0.717, 1.165) is 0 Å². The van der Waals surface area contributed by atoms with Gasteiger partial charge in [-0.3, -0.25) is 0 Å². The molecule has 0 radical (unpaired) electrons. The van der Waals surface area contributed by atoms with Crippen molar-refractivity contribution in [2.75, 3.05) is 0 Å². The minimum Gasteiger partial charge on any atom is -0.450 e. The van der Waals surface area contributed by atoms with Gasteiger partial charge >= 0.3 is 24.6 Å². The molecule has 3 rings (SSSR count). The van der Waals surface area contributed by atoms with E-state index < -0.39 is 24.6 Å². The molecule has 1 heterocycles. The molecule has 1 saturated heterocycles. The largest absolute Gasteiger partial charge is 0.528 e. The average Bonchev–Trinajstić information content (AvgIpc) is 2.46. The van der Waals surface area contributed by atoms with Crippen molar-refractivity contribution in [1.82, 2.24) is 0 Å². The molecule has 2 aromatic rings. The molecule has 1 aliphatic heterocycles. The summed E-state index contributed by atoms with van der Waals surface area (Å²) in [6.07, 6.45) is -5.50. The fourth-order valence-corrected chi connectivity index (χ4v) is 1.28. The van der Waals surface area contributed by atoms with Crippen LogP contribution >= 0.6 is 0 Å². The number of carbonyl (C=O) groups is 4. The van der Waals surface area contributed by atoms with Crippen LogP contribution in [0.5, 0.6) is 0 Å². The smallest absolute Gasteiger partial charge is 0.450 e. The highest BCUT2D eigenvalue weighted by Gasteiger charge is 2.27. The lowest BCUT2D eigenvalue weighted by Crippen LogP contribution is -2.27. The van der Waals surface area contributed by atoms with Crippen molar-refractivity contribution in [2.24, 2.45) is 0 Å². The number of rotatable bonds is 0. The van der Waals surface area contributed by atoms with Crippen molar-refractivity contribution in [3.63, 3.8) is 0 Å². The van der Waals surface area contributed by atoms with Gasteiger partial charge in [0.2, 0.25) is 0 Å². The second kappa shape index (κ2) is 10.8. The molecule has 0 aromatic heterocycles. The predicted octanol–water partition coefficient (Wildman–Crippen LogP) is 3.56. The first-order chi connectivity index (χ1) is 11.2. The molecule has 2 aromatic carbocycles.